The summed E-state index contributed by atoms with van der Waals surface area (Å²) in [5.74, 6) is 0.827. The minimum Gasteiger partial charge on any atom is -0.334 e. The number of hydrogen-bond donors (Lipinski definition) is 1. The van der Waals surface area contributed by atoms with Gasteiger partial charge in [-0.25, -0.2) is 8.42 Å². The molecule has 1 aromatic heterocycles. The van der Waals surface area contributed by atoms with Gasteiger partial charge in [0.15, 0.2) is 5.82 Å². The maximum atomic E-state index is 13.1. The molecule has 0 bridgehead atoms. The van der Waals surface area contributed by atoms with E-state index in [1.54, 1.807) is 16.4 Å². The number of nitrogens with zero attached hydrogens (tertiary/aromatic N) is 3. The Hall–Kier alpha value is -1.48. The first kappa shape index (κ1) is 21.2. The van der Waals surface area contributed by atoms with Crippen molar-refractivity contribution in [1.82, 2.24) is 14.4 Å². The maximum Gasteiger partial charge on any atom is 0.258 e. The van der Waals surface area contributed by atoms with Crippen LogP contribution < -0.4 is 5.73 Å². The molecule has 7 nitrogen and oxygen atoms in total. The average molecular weight is 427 g/mol. The number of sulfonamides is 1. The van der Waals surface area contributed by atoms with Gasteiger partial charge in [0.05, 0.1) is 10.4 Å². The number of nitrogens with two attached hydrogens (primary N) is 1. The van der Waals surface area contributed by atoms with E-state index in [0.29, 0.717) is 35.3 Å². The molecule has 2 aliphatic rings. The third-order valence-corrected chi connectivity index (χ3v) is 7.78. The van der Waals surface area contributed by atoms with Crippen molar-refractivity contribution in [3.05, 3.63) is 29.6 Å². The summed E-state index contributed by atoms with van der Waals surface area (Å²) in [7, 11) is -3.53. The standard InChI is InChI=1S/C19H26N4O3S.ClH/c1-14-7-8-15(13-16(14)27(24,25)23-11-5-2-6-12-23)17-21-18(22-26-17)19(20)9-3-4-10-19;/h7-8,13H,2-6,9-12,20H2,1H3;1H. The van der Waals surface area contributed by atoms with Gasteiger partial charge in [0.25, 0.3) is 5.89 Å². The number of hydrogen-bond acceptors (Lipinski definition) is 6. The minimum absolute atomic E-state index is 0. The number of halogens is 1. The van der Waals surface area contributed by atoms with E-state index in [4.69, 9.17) is 10.3 Å². The number of rotatable bonds is 4. The fourth-order valence-electron chi connectivity index (χ4n) is 4.03. The van der Waals surface area contributed by atoms with Crippen LogP contribution in [0, 0.1) is 6.92 Å². The molecular weight excluding hydrogens is 400 g/mol. The molecule has 154 valence electrons. The quantitative estimate of drug-likeness (QED) is 0.803. The third-order valence-electron chi connectivity index (χ3n) is 5.74. The van der Waals surface area contributed by atoms with Crippen LogP contribution in [0.2, 0.25) is 0 Å². The average Bonchev–Trinajstić information content (AvgIpc) is 3.33. The molecule has 0 amide bonds. The van der Waals surface area contributed by atoms with Gasteiger partial charge in [0.2, 0.25) is 10.0 Å². The molecule has 1 aliphatic carbocycles. The molecule has 28 heavy (non-hydrogen) atoms. The van der Waals surface area contributed by atoms with E-state index in [1.807, 2.05) is 13.0 Å². The van der Waals surface area contributed by atoms with Crippen LogP contribution in [-0.2, 0) is 15.6 Å². The Morgan fingerprint density at radius 1 is 1.11 bits per heavy atom. The van der Waals surface area contributed by atoms with Gasteiger partial charge < -0.3 is 10.3 Å². The Kier molecular flexibility index (Phi) is 6.14. The molecule has 2 heterocycles. The summed E-state index contributed by atoms with van der Waals surface area (Å²) in [5.41, 5.74) is 7.20. The number of aryl methyl sites for hydroxylation is 1. The SMILES string of the molecule is Cc1ccc(-c2nc(C3(N)CCCC3)no2)cc1S(=O)(=O)N1CCCCC1.Cl. The molecule has 1 aliphatic heterocycles. The van der Waals surface area contributed by atoms with Crippen molar-refractivity contribution in [2.75, 3.05) is 13.1 Å². The summed E-state index contributed by atoms with van der Waals surface area (Å²) in [6.07, 6.45) is 6.69. The molecule has 2 fully saturated rings. The van der Waals surface area contributed by atoms with Crippen LogP contribution in [0.25, 0.3) is 11.5 Å². The van der Waals surface area contributed by atoms with Gasteiger partial charge in [0.1, 0.15) is 0 Å². The predicted octanol–water partition coefficient (Wildman–Crippen LogP) is 3.37. The summed E-state index contributed by atoms with van der Waals surface area (Å²) < 4.78 is 33.2. The van der Waals surface area contributed by atoms with Gasteiger partial charge in [-0.3, -0.25) is 0 Å². The van der Waals surface area contributed by atoms with Crippen molar-refractivity contribution in [2.24, 2.45) is 5.73 Å². The van der Waals surface area contributed by atoms with Crippen molar-refractivity contribution in [2.45, 2.75) is 62.3 Å². The monoisotopic (exact) mass is 426 g/mol. The van der Waals surface area contributed by atoms with Crippen LogP contribution in [0.4, 0.5) is 0 Å². The topological polar surface area (TPSA) is 102 Å². The smallest absolute Gasteiger partial charge is 0.258 e. The minimum atomic E-state index is -3.53. The number of piperidine rings is 1. The van der Waals surface area contributed by atoms with E-state index in [2.05, 4.69) is 10.1 Å². The van der Waals surface area contributed by atoms with E-state index >= 15 is 0 Å². The molecular formula is C19H27ClN4O3S. The predicted molar refractivity (Wildman–Crippen MR) is 109 cm³/mol. The van der Waals surface area contributed by atoms with Crippen molar-refractivity contribution in [3.8, 4) is 11.5 Å². The van der Waals surface area contributed by atoms with Crippen LogP contribution in [0.5, 0.6) is 0 Å². The van der Waals surface area contributed by atoms with Gasteiger partial charge in [-0.05, 0) is 50.3 Å². The summed E-state index contributed by atoms with van der Waals surface area (Å²) in [4.78, 5) is 4.80. The van der Waals surface area contributed by atoms with Crippen LogP contribution in [0.1, 0.15) is 56.3 Å². The van der Waals surface area contributed by atoms with Crippen LogP contribution in [0.15, 0.2) is 27.6 Å². The Morgan fingerprint density at radius 2 is 1.79 bits per heavy atom. The van der Waals surface area contributed by atoms with E-state index < -0.39 is 15.6 Å². The summed E-state index contributed by atoms with van der Waals surface area (Å²) in [6.45, 7) is 2.96. The molecule has 0 unspecified atom stereocenters. The molecule has 1 aromatic carbocycles. The van der Waals surface area contributed by atoms with Crippen LogP contribution in [0.3, 0.4) is 0 Å². The maximum absolute atomic E-state index is 13.1. The highest BCUT2D eigenvalue weighted by Crippen LogP contribution is 2.36. The van der Waals surface area contributed by atoms with Gasteiger partial charge >= 0.3 is 0 Å². The molecule has 0 spiro atoms. The molecule has 2 aromatic rings. The summed E-state index contributed by atoms with van der Waals surface area (Å²) in [5, 5.41) is 4.08. The molecule has 2 N–H and O–H groups in total. The number of benzene rings is 1. The lowest BCUT2D eigenvalue weighted by molar-refractivity contribution is 0.346. The second kappa shape index (κ2) is 8.10. The van der Waals surface area contributed by atoms with E-state index in [0.717, 1.165) is 50.5 Å². The second-order valence-corrected chi connectivity index (χ2v) is 9.64. The summed E-state index contributed by atoms with van der Waals surface area (Å²) >= 11 is 0. The van der Waals surface area contributed by atoms with E-state index in [-0.39, 0.29) is 12.4 Å². The first-order valence-electron chi connectivity index (χ1n) is 9.64. The first-order valence-corrected chi connectivity index (χ1v) is 11.1. The lowest BCUT2D eigenvalue weighted by Crippen LogP contribution is -2.36. The fraction of sp³-hybridized carbons (Fsp3) is 0.579. The Bertz CT molecular complexity index is 932. The zero-order valence-electron chi connectivity index (χ0n) is 16.1. The highest BCUT2D eigenvalue weighted by atomic mass is 35.5. The lowest BCUT2D eigenvalue weighted by atomic mass is 9.99. The zero-order chi connectivity index (χ0) is 19.1. The van der Waals surface area contributed by atoms with Gasteiger partial charge in [-0.1, -0.05) is 30.5 Å². The lowest BCUT2D eigenvalue weighted by Gasteiger charge is -2.26. The Morgan fingerprint density at radius 3 is 2.46 bits per heavy atom. The van der Waals surface area contributed by atoms with Crippen LogP contribution >= 0.6 is 12.4 Å². The molecule has 1 saturated carbocycles. The molecule has 4 rings (SSSR count). The summed E-state index contributed by atoms with van der Waals surface area (Å²) in [6, 6.07) is 5.26. The zero-order valence-corrected chi connectivity index (χ0v) is 17.7. The van der Waals surface area contributed by atoms with Crippen molar-refractivity contribution >= 4 is 22.4 Å². The van der Waals surface area contributed by atoms with Crippen LogP contribution in [-0.4, -0.2) is 36.0 Å². The number of aromatic nitrogens is 2. The normalized spacial score (nSPS) is 20.1. The van der Waals surface area contributed by atoms with E-state index in [1.165, 1.54) is 0 Å². The van der Waals surface area contributed by atoms with Gasteiger partial charge in [0, 0.05) is 18.7 Å². The molecule has 0 radical (unpaired) electrons. The van der Waals surface area contributed by atoms with Crippen molar-refractivity contribution in [3.63, 3.8) is 0 Å². The first-order chi connectivity index (χ1) is 12.9. The van der Waals surface area contributed by atoms with Gasteiger partial charge in [-0.15, -0.1) is 12.4 Å². The van der Waals surface area contributed by atoms with Gasteiger partial charge in [-0.2, -0.15) is 9.29 Å². The fourth-order valence-corrected chi connectivity index (χ4v) is 5.80. The highest BCUT2D eigenvalue weighted by Gasteiger charge is 2.36. The largest absolute Gasteiger partial charge is 0.334 e. The Labute approximate surface area is 172 Å². The molecule has 9 heteroatoms. The van der Waals surface area contributed by atoms with E-state index in [9.17, 15) is 8.42 Å². The Balaban J connectivity index is 0.00000225. The molecule has 1 saturated heterocycles. The highest BCUT2D eigenvalue weighted by molar-refractivity contribution is 7.89. The van der Waals surface area contributed by atoms with Crippen molar-refractivity contribution in [1.29, 1.82) is 0 Å². The third kappa shape index (κ3) is 3.83. The van der Waals surface area contributed by atoms with Crippen molar-refractivity contribution < 1.29 is 12.9 Å². The second-order valence-electron chi connectivity index (χ2n) is 7.73. The molecule has 0 atom stereocenters.